The Morgan fingerprint density at radius 3 is 2.37 bits per heavy atom. The molecule has 4 aromatic rings. The highest BCUT2D eigenvalue weighted by molar-refractivity contribution is 8.02. The van der Waals surface area contributed by atoms with E-state index in [1.807, 2.05) is 89.5 Å². The Morgan fingerprint density at radius 2 is 1.72 bits per heavy atom. The minimum atomic E-state index is -1.64. The number of nitrogens with one attached hydrogen (secondary N) is 1. The Labute approximate surface area is 273 Å². The number of thioether (sulfide) groups is 1. The Balaban J connectivity index is 1.34. The summed E-state index contributed by atoms with van der Waals surface area (Å²) in [5.41, 5.74) is 1.86. The van der Waals surface area contributed by atoms with E-state index in [4.69, 9.17) is 9.47 Å². The van der Waals surface area contributed by atoms with Crippen LogP contribution in [-0.2, 0) is 30.2 Å². The number of amides is 2. The quantitative estimate of drug-likeness (QED) is 0.117. The van der Waals surface area contributed by atoms with Gasteiger partial charge >= 0.3 is 12.1 Å². The molecule has 1 saturated heterocycles. The largest absolute Gasteiger partial charge is 0.614 e. The Bertz CT molecular complexity index is 1780. The first-order valence-electron chi connectivity index (χ1n) is 14.6. The maximum atomic E-state index is 14.2. The average Bonchev–Trinajstić information content (AvgIpc) is 3.52. The van der Waals surface area contributed by atoms with Gasteiger partial charge in [-0.05, 0) is 66.7 Å². The third-order valence-corrected chi connectivity index (χ3v) is 9.76. The van der Waals surface area contributed by atoms with E-state index in [2.05, 4.69) is 10.3 Å². The van der Waals surface area contributed by atoms with Crippen molar-refractivity contribution in [3.8, 4) is 0 Å². The molecule has 1 fully saturated rings. The van der Waals surface area contributed by atoms with E-state index in [0.717, 1.165) is 21.8 Å². The number of ether oxygens (including phenoxy) is 2. The van der Waals surface area contributed by atoms with Gasteiger partial charge in [-0.25, -0.2) is 14.6 Å². The van der Waals surface area contributed by atoms with Crippen molar-refractivity contribution in [1.29, 1.82) is 0 Å². The zero-order valence-corrected chi connectivity index (χ0v) is 27.0. The Hall–Kier alpha value is -4.52. The summed E-state index contributed by atoms with van der Waals surface area (Å²) in [7, 11) is 0. The van der Waals surface area contributed by atoms with Crippen LogP contribution in [0.1, 0.15) is 38.0 Å². The van der Waals surface area contributed by atoms with E-state index in [1.165, 1.54) is 16.7 Å². The van der Waals surface area contributed by atoms with Gasteiger partial charge in [0.05, 0.1) is 5.03 Å². The van der Waals surface area contributed by atoms with Crippen LogP contribution in [0, 0.1) is 0 Å². The van der Waals surface area contributed by atoms with Crippen LogP contribution < -0.4 is 5.32 Å². The molecule has 3 atom stereocenters. The van der Waals surface area contributed by atoms with Crippen LogP contribution in [0.2, 0.25) is 0 Å². The second-order valence-corrected chi connectivity index (χ2v) is 14.1. The minimum Gasteiger partial charge on any atom is -0.614 e. The van der Waals surface area contributed by atoms with Crippen LogP contribution in [-0.4, -0.2) is 59.6 Å². The smallest absolute Gasteiger partial charge is 0.408 e. The van der Waals surface area contributed by atoms with Crippen molar-refractivity contribution in [2.75, 3.05) is 5.75 Å². The first-order valence-corrected chi connectivity index (χ1v) is 16.9. The number of pyridine rings is 1. The number of esters is 1. The minimum absolute atomic E-state index is 0.00797. The number of rotatable bonds is 8. The zero-order valence-electron chi connectivity index (χ0n) is 25.4. The van der Waals surface area contributed by atoms with Crippen molar-refractivity contribution < 1.29 is 28.4 Å². The first-order chi connectivity index (χ1) is 22.1. The highest BCUT2D eigenvalue weighted by Gasteiger charge is 2.61. The van der Waals surface area contributed by atoms with Gasteiger partial charge in [0.2, 0.25) is 5.37 Å². The number of allylic oxidation sites excluding steroid dienone is 1. The molecule has 1 N–H and O–H groups in total. The lowest BCUT2D eigenvalue weighted by Crippen LogP contribution is -2.74. The molecule has 0 radical (unpaired) electrons. The molecule has 2 aliphatic heterocycles. The molecule has 4 heterocycles. The van der Waals surface area contributed by atoms with Gasteiger partial charge in [-0.2, -0.15) is 0 Å². The van der Waals surface area contributed by atoms with Gasteiger partial charge in [0, 0.05) is 18.0 Å². The number of fused-ring (bicyclic) bond motifs is 2. The monoisotopic (exact) mass is 656 g/mol. The molecule has 2 amide bonds. The third-order valence-electron chi connectivity index (χ3n) is 7.30. The molecule has 0 aliphatic carbocycles. The standard InChI is InChI=1S/C34H32N4O6S2/c1-34(2,3)44-33(41)36-27-30(39)38-28(32(40)43-29(22-11-6-4-7-12-22)23-13-8-5-9-14-23)24(21-46(42)31(27)38)17-20-45-26-16-10-15-25-35-18-19-37(25)26/h4-20,27,29,31H,21H2,1-3H3,(H,36,41)/b20-17+/t27-,31+,46?/m1/s1. The number of carbonyl (C=O) groups excluding carboxylic acids is 3. The Morgan fingerprint density at radius 1 is 1.04 bits per heavy atom. The van der Waals surface area contributed by atoms with Gasteiger partial charge in [-0.3, -0.25) is 14.1 Å². The Kier molecular flexibility index (Phi) is 8.94. The summed E-state index contributed by atoms with van der Waals surface area (Å²) in [6.45, 7) is 5.12. The van der Waals surface area contributed by atoms with Crippen molar-refractivity contribution in [2.24, 2.45) is 0 Å². The van der Waals surface area contributed by atoms with E-state index in [0.29, 0.717) is 5.57 Å². The average molecular weight is 657 g/mol. The molecule has 2 aromatic carbocycles. The van der Waals surface area contributed by atoms with E-state index >= 15 is 0 Å². The SMILES string of the molecule is CC(C)(C)OC(=O)N[C@@H]1C(=O)N2C(C(=O)OC(c3ccccc3)c3ccccc3)=C(/C=C/Sc3cccc4nccn34)C[S+]([O-])[C@@H]12. The van der Waals surface area contributed by atoms with Gasteiger partial charge in [0.15, 0.2) is 12.1 Å². The molecule has 0 bridgehead atoms. The van der Waals surface area contributed by atoms with Crippen molar-refractivity contribution in [3.05, 3.63) is 125 Å². The highest BCUT2D eigenvalue weighted by Crippen LogP contribution is 2.39. The van der Waals surface area contributed by atoms with Crippen molar-refractivity contribution in [3.63, 3.8) is 0 Å². The summed E-state index contributed by atoms with van der Waals surface area (Å²) in [5.74, 6) is -1.35. The maximum absolute atomic E-state index is 14.2. The fraction of sp³-hybridized carbons (Fsp3) is 0.235. The van der Waals surface area contributed by atoms with Crippen molar-refractivity contribution in [2.45, 2.75) is 48.9 Å². The maximum Gasteiger partial charge on any atom is 0.408 e. The topological polar surface area (TPSA) is 125 Å². The predicted molar refractivity (Wildman–Crippen MR) is 175 cm³/mol. The predicted octanol–water partition coefficient (Wildman–Crippen LogP) is 5.35. The second-order valence-electron chi connectivity index (χ2n) is 11.7. The molecule has 46 heavy (non-hydrogen) atoms. The summed E-state index contributed by atoms with van der Waals surface area (Å²) < 4.78 is 27.0. The van der Waals surface area contributed by atoms with Crippen LogP contribution in [0.5, 0.6) is 0 Å². The summed E-state index contributed by atoms with van der Waals surface area (Å²) >= 11 is -0.255. The number of alkyl carbamates (subject to hydrolysis) is 1. The number of benzene rings is 2. The number of carbonyl (C=O) groups is 3. The van der Waals surface area contributed by atoms with Gasteiger partial charge in [0.1, 0.15) is 22.7 Å². The molecule has 1 unspecified atom stereocenters. The number of aromatic nitrogens is 2. The highest BCUT2D eigenvalue weighted by atomic mass is 32.2. The molecule has 0 saturated carbocycles. The van der Waals surface area contributed by atoms with Crippen LogP contribution in [0.3, 0.4) is 0 Å². The summed E-state index contributed by atoms with van der Waals surface area (Å²) in [6.07, 6.45) is 3.67. The van der Waals surface area contributed by atoms with E-state index in [9.17, 15) is 18.9 Å². The van der Waals surface area contributed by atoms with Crippen LogP contribution in [0.4, 0.5) is 4.79 Å². The lowest BCUT2D eigenvalue weighted by Gasteiger charge is -2.49. The number of nitrogens with zero attached hydrogens (tertiary/aromatic N) is 3. The van der Waals surface area contributed by atoms with E-state index in [-0.39, 0.29) is 11.4 Å². The number of hydrogen-bond donors (Lipinski definition) is 1. The molecule has 6 rings (SSSR count). The number of β-lactam (4-membered cyclic amide) rings is 1. The van der Waals surface area contributed by atoms with Gasteiger partial charge in [-0.15, -0.1) is 0 Å². The molecule has 0 spiro atoms. The van der Waals surface area contributed by atoms with Crippen LogP contribution in [0.15, 0.2) is 119 Å². The summed E-state index contributed by atoms with van der Waals surface area (Å²) in [5, 5.41) is 4.24. The molecule has 2 aromatic heterocycles. The van der Waals surface area contributed by atoms with Crippen LogP contribution >= 0.6 is 11.8 Å². The number of hydrogen-bond acceptors (Lipinski definition) is 8. The van der Waals surface area contributed by atoms with Crippen molar-refractivity contribution >= 4 is 46.6 Å². The second kappa shape index (κ2) is 13.1. The van der Waals surface area contributed by atoms with Gasteiger partial charge < -0.3 is 19.3 Å². The molecular formula is C34H32N4O6S2. The normalized spacial score (nSPS) is 19.7. The fourth-order valence-corrected chi connectivity index (χ4v) is 7.75. The number of imidazole rings is 1. The molecular weight excluding hydrogens is 625 g/mol. The lowest BCUT2D eigenvalue weighted by atomic mass is 10.0. The van der Waals surface area contributed by atoms with E-state index < -0.39 is 52.3 Å². The van der Waals surface area contributed by atoms with Gasteiger partial charge in [-0.1, -0.05) is 78.5 Å². The van der Waals surface area contributed by atoms with E-state index in [1.54, 1.807) is 38.5 Å². The summed E-state index contributed by atoms with van der Waals surface area (Å²) in [4.78, 5) is 45.8. The zero-order chi connectivity index (χ0) is 32.4. The van der Waals surface area contributed by atoms with Gasteiger partial charge in [0.25, 0.3) is 5.91 Å². The summed E-state index contributed by atoms with van der Waals surface area (Å²) in [6, 6.07) is 23.2. The lowest BCUT2D eigenvalue weighted by molar-refractivity contribution is -0.154. The fourth-order valence-electron chi connectivity index (χ4n) is 5.31. The first kappa shape index (κ1) is 31.5. The van der Waals surface area contributed by atoms with Crippen molar-refractivity contribution in [1.82, 2.24) is 19.6 Å². The third kappa shape index (κ3) is 6.55. The molecule has 236 valence electrons. The van der Waals surface area contributed by atoms with Crippen LogP contribution in [0.25, 0.3) is 5.65 Å². The molecule has 12 heteroatoms. The molecule has 2 aliphatic rings. The molecule has 10 nitrogen and oxygen atoms in total.